The summed E-state index contributed by atoms with van der Waals surface area (Å²) in [4.78, 5) is 46.1. The summed E-state index contributed by atoms with van der Waals surface area (Å²) in [6.45, 7) is 8.45. The molecule has 1 aromatic carbocycles. The van der Waals surface area contributed by atoms with Gasteiger partial charge in [-0.3, -0.25) is 29.5 Å². The van der Waals surface area contributed by atoms with Crippen molar-refractivity contribution in [3.05, 3.63) is 64.9 Å². The number of carbonyl (C=O) groups excluding carboxylic acids is 3. The zero-order valence-corrected chi connectivity index (χ0v) is 23.7. The molecule has 3 N–H and O–H groups in total. The molecule has 40 heavy (non-hydrogen) atoms. The van der Waals surface area contributed by atoms with Gasteiger partial charge in [0.25, 0.3) is 0 Å². The number of benzene rings is 1. The summed E-state index contributed by atoms with van der Waals surface area (Å²) < 4.78 is 0. The Morgan fingerprint density at radius 1 is 1.18 bits per heavy atom. The fraction of sp³-hybridized carbons (Fsp3) is 0.419. The average molecular weight is 545 g/mol. The van der Waals surface area contributed by atoms with Crippen LogP contribution in [-0.4, -0.2) is 79.2 Å². The monoisotopic (exact) mass is 544 g/mol. The molecule has 1 saturated heterocycles. The maximum atomic E-state index is 12.4. The second-order valence-electron chi connectivity index (χ2n) is 9.87. The lowest BCUT2D eigenvalue weighted by molar-refractivity contribution is -0.129. The van der Waals surface area contributed by atoms with E-state index < -0.39 is 6.04 Å². The maximum Gasteiger partial charge on any atom is 0.243 e. The largest absolute Gasteiger partial charge is 0.398 e. The molecule has 0 aliphatic carbocycles. The van der Waals surface area contributed by atoms with Gasteiger partial charge in [0.15, 0.2) is 0 Å². The van der Waals surface area contributed by atoms with Gasteiger partial charge in [0.2, 0.25) is 12.3 Å². The van der Waals surface area contributed by atoms with Gasteiger partial charge in [-0.25, -0.2) is 4.98 Å². The van der Waals surface area contributed by atoms with E-state index in [4.69, 9.17) is 5.73 Å². The Bertz CT molecular complexity index is 1240. The summed E-state index contributed by atoms with van der Waals surface area (Å²) in [6.07, 6.45) is 7.31. The Morgan fingerprint density at radius 2 is 1.95 bits per heavy atom. The number of nitrogens with zero attached hydrogens (tertiary/aromatic N) is 4. The lowest BCUT2D eigenvalue weighted by Crippen LogP contribution is -2.46. The molecular formula is C31H40N6O3. The minimum atomic E-state index is -0.483. The van der Waals surface area contributed by atoms with Gasteiger partial charge >= 0.3 is 0 Å². The molecule has 9 nitrogen and oxygen atoms in total. The highest BCUT2D eigenvalue weighted by Crippen LogP contribution is 2.19. The lowest BCUT2D eigenvalue weighted by Gasteiger charge is -2.34. The maximum absolute atomic E-state index is 12.4. The van der Waals surface area contributed by atoms with Gasteiger partial charge in [-0.15, -0.1) is 0 Å². The summed E-state index contributed by atoms with van der Waals surface area (Å²) in [5.41, 5.74) is 9.86. The minimum Gasteiger partial charge on any atom is -0.398 e. The Kier molecular flexibility index (Phi) is 11.9. The Balaban J connectivity index is 1.64. The molecule has 1 unspecified atom stereocenters. The van der Waals surface area contributed by atoms with Gasteiger partial charge in [-0.2, -0.15) is 0 Å². The molecule has 1 fully saturated rings. The standard InChI is InChI=1S/C31H40N6O3/c1-4-8-28(32)25-13-14-30(33-20-25)37-18-16-36(17-19-37)15-7-12-24-10-6-11-26(22-38)27(24)21-35(3)29(9-5-2)31(40)34-23-39/h6,8,10-11,13-14,20,22-23,29H,4-5,9,15-19,21,32H2,1-3H3,(H,34,39,40)/b28-8+. The molecule has 0 radical (unpaired) electrons. The molecule has 9 heteroatoms. The third kappa shape index (κ3) is 8.25. The molecule has 0 bridgehead atoms. The summed E-state index contributed by atoms with van der Waals surface area (Å²) >= 11 is 0. The fourth-order valence-electron chi connectivity index (χ4n) is 4.81. The van der Waals surface area contributed by atoms with Crippen LogP contribution in [0.1, 0.15) is 60.2 Å². The van der Waals surface area contributed by atoms with Crippen molar-refractivity contribution in [2.24, 2.45) is 5.73 Å². The minimum absolute atomic E-state index is 0.349. The van der Waals surface area contributed by atoms with Gasteiger partial charge in [0, 0.05) is 61.3 Å². The van der Waals surface area contributed by atoms with Gasteiger partial charge < -0.3 is 10.6 Å². The number of nitrogens with two attached hydrogens (primary N) is 1. The van der Waals surface area contributed by atoms with E-state index in [0.717, 1.165) is 73.5 Å². The zero-order chi connectivity index (χ0) is 28.9. The van der Waals surface area contributed by atoms with E-state index in [1.165, 1.54) is 0 Å². The van der Waals surface area contributed by atoms with Gasteiger partial charge in [0.05, 0.1) is 12.6 Å². The predicted octanol–water partition coefficient (Wildman–Crippen LogP) is 2.65. The summed E-state index contributed by atoms with van der Waals surface area (Å²) in [5.74, 6) is 7.14. The van der Waals surface area contributed by atoms with E-state index in [0.29, 0.717) is 31.5 Å². The van der Waals surface area contributed by atoms with Crippen molar-refractivity contribution in [2.75, 3.05) is 44.7 Å². The number of hydrogen-bond acceptors (Lipinski definition) is 8. The highest BCUT2D eigenvalue weighted by atomic mass is 16.2. The van der Waals surface area contributed by atoms with Gasteiger partial charge in [0.1, 0.15) is 12.1 Å². The second kappa shape index (κ2) is 15.6. The molecule has 2 amide bonds. The summed E-state index contributed by atoms with van der Waals surface area (Å²) in [7, 11) is 1.82. The average Bonchev–Trinajstić information content (AvgIpc) is 2.97. The first-order valence-electron chi connectivity index (χ1n) is 13.8. The molecular weight excluding hydrogens is 504 g/mol. The quantitative estimate of drug-likeness (QED) is 0.310. The van der Waals surface area contributed by atoms with Crippen LogP contribution >= 0.6 is 0 Å². The van der Waals surface area contributed by atoms with E-state index in [9.17, 15) is 14.4 Å². The third-order valence-electron chi connectivity index (χ3n) is 7.07. The van der Waals surface area contributed by atoms with E-state index >= 15 is 0 Å². The van der Waals surface area contributed by atoms with Crippen molar-refractivity contribution in [1.29, 1.82) is 0 Å². The Hall–Kier alpha value is -4.00. The first-order valence-corrected chi connectivity index (χ1v) is 13.8. The SMILES string of the molecule is CC/C=C(/N)c1ccc(N2CCN(CC#Cc3cccc(C=O)c3CN(C)C(CCC)C(=O)NC=O)CC2)nc1. The molecule has 212 valence electrons. The van der Waals surface area contributed by atoms with Crippen molar-refractivity contribution in [1.82, 2.24) is 20.1 Å². The number of carbonyl (C=O) groups is 3. The topological polar surface area (TPSA) is 112 Å². The van der Waals surface area contributed by atoms with E-state index in [1.54, 1.807) is 6.07 Å². The number of nitrogens with one attached hydrogen (secondary N) is 1. The van der Waals surface area contributed by atoms with Crippen molar-refractivity contribution in [3.63, 3.8) is 0 Å². The van der Waals surface area contributed by atoms with Crippen LogP contribution in [0.15, 0.2) is 42.6 Å². The normalized spacial score (nSPS) is 14.8. The third-order valence-corrected chi connectivity index (χ3v) is 7.07. The van der Waals surface area contributed by atoms with Crippen LogP contribution in [0.3, 0.4) is 0 Å². The Labute approximate surface area is 237 Å². The highest BCUT2D eigenvalue weighted by Gasteiger charge is 2.23. The predicted molar refractivity (Wildman–Crippen MR) is 158 cm³/mol. The molecule has 3 rings (SSSR count). The number of likely N-dealkylation sites (N-methyl/N-ethyl adjacent to an activating group) is 1. The van der Waals surface area contributed by atoms with Crippen LogP contribution in [0.25, 0.3) is 5.70 Å². The molecule has 0 saturated carbocycles. The summed E-state index contributed by atoms with van der Waals surface area (Å²) in [5, 5.41) is 2.26. The van der Waals surface area contributed by atoms with Crippen LogP contribution in [0, 0.1) is 11.8 Å². The highest BCUT2D eigenvalue weighted by molar-refractivity contribution is 5.90. The number of allylic oxidation sites excluding steroid dienone is 1. The number of anilines is 1. The molecule has 2 aromatic rings. The molecule has 0 spiro atoms. The fourth-order valence-corrected chi connectivity index (χ4v) is 4.81. The molecule has 1 aliphatic heterocycles. The zero-order valence-electron chi connectivity index (χ0n) is 23.7. The van der Waals surface area contributed by atoms with Gasteiger partial charge in [-0.1, -0.05) is 50.3 Å². The number of piperazine rings is 1. The van der Waals surface area contributed by atoms with Crippen LogP contribution in [0.4, 0.5) is 5.82 Å². The van der Waals surface area contributed by atoms with Gasteiger partial charge in [-0.05, 0) is 43.7 Å². The first kappa shape index (κ1) is 30.5. The van der Waals surface area contributed by atoms with Crippen molar-refractivity contribution >= 4 is 30.1 Å². The summed E-state index contributed by atoms with van der Waals surface area (Å²) in [6, 6.07) is 9.04. The van der Waals surface area contributed by atoms with Crippen molar-refractivity contribution in [2.45, 2.75) is 45.7 Å². The van der Waals surface area contributed by atoms with Crippen molar-refractivity contribution < 1.29 is 14.4 Å². The number of hydrogen-bond donors (Lipinski definition) is 2. The number of amides is 2. The van der Waals surface area contributed by atoms with Crippen LogP contribution < -0.4 is 16.0 Å². The number of rotatable bonds is 12. The lowest BCUT2D eigenvalue weighted by atomic mass is 10.00. The second-order valence-corrected chi connectivity index (χ2v) is 9.87. The van der Waals surface area contributed by atoms with E-state index in [2.05, 4.69) is 38.9 Å². The number of pyridine rings is 1. The van der Waals surface area contributed by atoms with Crippen LogP contribution in [0.5, 0.6) is 0 Å². The Morgan fingerprint density at radius 3 is 2.58 bits per heavy atom. The van der Waals surface area contributed by atoms with E-state index in [1.807, 2.05) is 55.4 Å². The van der Waals surface area contributed by atoms with Crippen LogP contribution in [0.2, 0.25) is 0 Å². The molecule has 1 aliphatic rings. The smallest absolute Gasteiger partial charge is 0.243 e. The number of aromatic nitrogens is 1. The molecule has 1 atom stereocenters. The van der Waals surface area contributed by atoms with E-state index in [-0.39, 0.29) is 5.91 Å². The molecule has 2 heterocycles. The van der Waals surface area contributed by atoms with Crippen LogP contribution in [-0.2, 0) is 16.1 Å². The van der Waals surface area contributed by atoms with Crippen molar-refractivity contribution in [3.8, 4) is 11.8 Å². The molecule has 1 aromatic heterocycles. The first-order chi connectivity index (χ1) is 19.4. The number of imide groups is 1. The number of aldehydes is 1.